The summed E-state index contributed by atoms with van der Waals surface area (Å²) in [7, 11) is 0. The molecule has 0 bridgehead atoms. The zero-order valence-corrected chi connectivity index (χ0v) is 18.0. The number of carbonyl (C=O) groups excluding carboxylic acids is 2. The van der Waals surface area contributed by atoms with Crippen molar-refractivity contribution in [2.45, 2.75) is 20.3 Å². The van der Waals surface area contributed by atoms with Crippen LogP contribution in [0.15, 0.2) is 54.2 Å². The van der Waals surface area contributed by atoms with Crippen LogP contribution < -0.4 is 5.32 Å². The standard InChI is InChI=1S/C22H19ClN4O2S/c1-13(2)10-20(28)26-17-11-14(5-6-16(17)23)18-7-8-24-22-15(12-25-27(18)22)21(29)19-4-3-9-30-19/h3-9,11-13H,10H2,1-2H3,(H,26,28). The van der Waals surface area contributed by atoms with Crippen molar-refractivity contribution in [3.8, 4) is 11.3 Å². The Balaban J connectivity index is 1.73. The van der Waals surface area contributed by atoms with Crippen LogP contribution in [0.4, 0.5) is 5.69 Å². The molecule has 1 N–H and O–H groups in total. The molecule has 1 aromatic carbocycles. The van der Waals surface area contributed by atoms with Crippen molar-refractivity contribution in [3.05, 3.63) is 69.6 Å². The van der Waals surface area contributed by atoms with E-state index in [1.807, 2.05) is 37.4 Å². The van der Waals surface area contributed by atoms with Crippen LogP contribution in [0.2, 0.25) is 5.02 Å². The Kier molecular flexibility index (Phi) is 5.65. The Bertz CT molecular complexity index is 1230. The molecular formula is C22H19ClN4O2S. The van der Waals surface area contributed by atoms with Gasteiger partial charge in [-0.2, -0.15) is 5.10 Å². The first-order valence-electron chi connectivity index (χ1n) is 9.44. The molecule has 0 unspecified atom stereocenters. The summed E-state index contributed by atoms with van der Waals surface area (Å²) in [5, 5.41) is 9.58. The predicted octanol–water partition coefficient (Wildman–Crippen LogP) is 5.33. The molecule has 4 rings (SSSR count). The van der Waals surface area contributed by atoms with Crippen LogP contribution in [-0.2, 0) is 4.79 Å². The van der Waals surface area contributed by atoms with E-state index in [1.54, 1.807) is 28.9 Å². The fourth-order valence-electron chi connectivity index (χ4n) is 3.16. The molecule has 3 aromatic heterocycles. The van der Waals surface area contributed by atoms with Crippen molar-refractivity contribution in [2.75, 3.05) is 5.32 Å². The normalized spacial score (nSPS) is 11.2. The van der Waals surface area contributed by atoms with Crippen LogP contribution in [0.1, 0.15) is 35.5 Å². The average Bonchev–Trinajstić information content (AvgIpc) is 3.38. The number of carbonyl (C=O) groups is 2. The first-order valence-corrected chi connectivity index (χ1v) is 10.7. The van der Waals surface area contributed by atoms with Gasteiger partial charge in [0.2, 0.25) is 11.7 Å². The maximum Gasteiger partial charge on any atom is 0.224 e. The van der Waals surface area contributed by atoms with Crippen molar-refractivity contribution in [1.29, 1.82) is 0 Å². The van der Waals surface area contributed by atoms with Crippen molar-refractivity contribution in [2.24, 2.45) is 5.92 Å². The lowest BCUT2D eigenvalue weighted by Gasteiger charge is -2.11. The van der Waals surface area contributed by atoms with Crippen LogP contribution in [-0.4, -0.2) is 26.3 Å². The summed E-state index contributed by atoms with van der Waals surface area (Å²) in [5.74, 6) is 0.0457. The molecule has 0 spiro atoms. The number of hydrogen-bond acceptors (Lipinski definition) is 5. The molecule has 6 nitrogen and oxygen atoms in total. The van der Waals surface area contributed by atoms with E-state index in [-0.39, 0.29) is 17.6 Å². The Morgan fingerprint density at radius 3 is 2.80 bits per heavy atom. The molecule has 4 aromatic rings. The van der Waals surface area contributed by atoms with Gasteiger partial charge in [-0.3, -0.25) is 9.59 Å². The molecule has 0 saturated heterocycles. The summed E-state index contributed by atoms with van der Waals surface area (Å²) < 4.78 is 1.63. The minimum absolute atomic E-state index is 0.0909. The first-order chi connectivity index (χ1) is 14.4. The lowest BCUT2D eigenvalue weighted by molar-refractivity contribution is -0.116. The molecule has 0 atom stereocenters. The van der Waals surface area contributed by atoms with Crippen molar-refractivity contribution in [1.82, 2.24) is 14.6 Å². The zero-order valence-electron chi connectivity index (χ0n) is 16.4. The lowest BCUT2D eigenvalue weighted by Crippen LogP contribution is -2.14. The van der Waals surface area contributed by atoms with E-state index < -0.39 is 0 Å². The van der Waals surface area contributed by atoms with Gasteiger partial charge in [0.25, 0.3) is 0 Å². The smallest absolute Gasteiger partial charge is 0.224 e. The highest BCUT2D eigenvalue weighted by Crippen LogP contribution is 2.30. The average molecular weight is 439 g/mol. The number of nitrogens with zero attached hydrogens (tertiary/aromatic N) is 3. The highest BCUT2D eigenvalue weighted by molar-refractivity contribution is 7.12. The van der Waals surface area contributed by atoms with Gasteiger partial charge in [-0.1, -0.05) is 37.6 Å². The Hall–Kier alpha value is -3.03. The summed E-state index contributed by atoms with van der Waals surface area (Å²) in [6.07, 6.45) is 3.59. The van der Waals surface area contributed by atoms with Gasteiger partial charge in [0, 0.05) is 18.2 Å². The maximum absolute atomic E-state index is 12.8. The number of amides is 1. The van der Waals surface area contributed by atoms with Gasteiger partial charge < -0.3 is 5.32 Å². The topological polar surface area (TPSA) is 76.4 Å². The quantitative estimate of drug-likeness (QED) is 0.413. The van der Waals surface area contributed by atoms with E-state index in [0.29, 0.717) is 33.2 Å². The van der Waals surface area contributed by atoms with E-state index in [4.69, 9.17) is 11.6 Å². The molecule has 3 heterocycles. The molecule has 0 saturated carbocycles. The van der Waals surface area contributed by atoms with Crippen LogP contribution in [0, 0.1) is 5.92 Å². The zero-order chi connectivity index (χ0) is 21.3. The van der Waals surface area contributed by atoms with Crippen molar-refractivity contribution < 1.29 is 9.59 Å². The first kappa shape index (κ1) is 20.3. The number of aromatic nitrogens is 3. The largest absolute Gasteiger partial charge is 0.325 e. The summed E-state index contributed by atoms with van der Waals surface area (Å²) in [5.41, 5.74) is 2.99. The third-order valence-corrected chi connectivity index (χ3v) is 5.72. The second-order valence-corrected chi connectivity index (χ2v) is 8.63. The number of nitrogens with one attached hydrogen (secondary N) is 1. The van der Waals surface area contributed by atoms with E-state index in [2.05, 4.69) is 15.4 Å². The van der Waals surface area contributed by atoms with Crippen molar-refractivity contribution in [3.63, 3.8) is 0 Å². The molecule has 30 heavy (non-hydrogen) atoms. The van der Waals surface area contributed by atoms with E-state index in [9.17, 15) is 9.59 Å². The fourth-order valence-corrected chi connectivity index (χ4v) is 4.01. The van der Waals surface area contributed by atoms with Gasteiger partial charge in [-0.15, -0.1) is 11.3 Å². The van der Waals surface area contributed by atoms with Crippen LogP contribution >= 0.6 is 22.9 Å². The minimum Gasteiger partial charge on any atom is -0.325 e. The summed E-state index contributed by atoms with van der Waals surface area (Å²) in [4.78, 5) is 30.0. The number of anilines is 1. The molecular weight excluding hydrogens is 420 g/mol. The number of ketones is 1. The van der Waals surface area contributed by atoms with Gasteiger partial charge in [-0.05, 0) is 35.6 Å². The summed E-state index contributed by atoms with van der Waals surface area (Å²) in [6.45, 7) is 3.97. The Morgan fingerprint density at radius 2 is 2.07 bits per heavy atom. The summed E-state index contributed by atoms with van der Waals surface area (Å²) >= 11 is 7.67. The molecule has 8 heteroatoms. The van der Waals surface area contributed by atoms with Gasteiger partial charge in [0.1, 0.15) is 0 Å². The third-order valence-electron chi connectivity index (χ3n) is 4.52. The van der Waals surface area contributed by atoms with Gasteiger partial charge >= 0.3 is 0 Å². The molecule has 0 aliphatic heterocycles. The highest BCUT2D eigenvalue weighted by Gasteiger charge is 2.19. The van der Waals surface area contributed by atoms with Crippen molar-refractivity contribution >= 4 is 46.0 Å². The van der Waals surface area contributed by atoms with E-state index in [1.165, 1.54) is 17.5 Å². The molecule has 0 aliphatic rings. The molecule has 1 amide bonds. The monoisotopic (exact) mass is 438 g/mol. The molecule has 0 radical (unpaired) electrons. The number of fused-ring (bicyclic) bond motifs is 1. The fraction of sp³-hybridized carbons (Fsp3) is 0.182. The number of hydrogen-bond donors (Lipinski definition) is 1. The van der Waals surface area contributed by atoms with Gasteiger partial charge in [-0.25, -0.2) is 9.50 Å². The second-order valence-electron chi connectivity index (χ2n) is 7.27. The Morgan fingerprint density at radius 1 is 1.23 bits per heavy atom. The van der Waals surface area contributed by atoms with Crippen LogP contribution in [0.25, 0.3) is 16.9 Å². The van der Waals surface area contributed by atoms with E-state index in [0.717, 1.165) is 11.3 Å². The van der Waals surface area contributed by atoms with Crippen LogP contribution in [0.5, 0.6) is 0 Å². The SMILES string of the molecule is CC(C)CC(=O)Nc1cc(-c2ccnc3c(C(=O)c4cccs4)cnn23)ccc1Cl. The number of benzene rings is 1. The molecule has 0 aliphatic carbocycles. The minimum atomic E-state index is -0.109. The Labute approximate surface area is 182 Å². The number of thiophene rings is 1. The molecule has 0 fully saturated rings. The van der Waals surface area contributed by atoms with Gasteiger partial charge in [0.15, 0.2) is 5.65 Å². The maximum atomic E-state index is 12.8. The second kappa shape index (κ2) is 8.38. The number of halogens is 1. The van der Waals surface area contributed by atoms with Gasteiger partial charge in [0.05, 0.1) is 33.0 Å². The lowest BCUT2D eigenvalue weighted by atomic mass is 10.1. The molecule has 152 valence electrons. The predicted molar refractivity (Wildman–Crippen MR) is 119 cm³/mol. The third kappa shape index (κ3) is 3.99. The summed E-state index contributed by atoms with van der Waals surface area (Å²) in [6, 6.07) is 10.8. The highest BCUT2D eigenvalue weighted by atomic mass is 35.5. The number of rotatable bonds is 6. The van der Waals surface area contributed by atoms with Crippen LogP contribution in [0.3, 0.4) is 0 Å². The van der Waals surface area contributed by atoms with E-state index >= 15 is 0 Å².